The van der Waals surface area contributed by atoms with Gasteiger partial charge >= 0.3 is 0 Å². The van der Waals surface area contributed by atoms with Crippen LogP contribution in [0, 0.1) is 12.8 Å². The minimum Gasteiger partial charge on any atom is -0.341 e. The summed E-state index contributed by atoms with van der Waals surface area (Å²) in [6.45, 7) is 5.03. The summed E-state index contributed by atoms with van der Waals surface area (Å²) in [7, 11) is 2.10. The summed E-state index contributed by atoms with van der Waals surface area (Å²) in [5, 5.41) is 0. The predicted molar refractivity (Wildman–Crippen MR) is 99.8 cm³/mol. The first-order chi connectivity index (χ1) is 11.6. The quantitative estimate of drug-likeness (QED) is 0.845. The van der Waals surface area contributed by atoms with Crippen molar-refractivity contribution < 1.29 is 4.79 Å². The van der Waals surface area contributed by atoms with Gasteiger partial charge in [0, 0.05) is 13.1 Å². The summed E-state index contributed by atoms with van der Waals surface area (Å²) in [5.41, 5.74) is 2.63. The van der Waals surface area contributed by atoms with E-state index >= 15 is 0 Å². The second-order valence-electron chi connectivity index (χ2n) is 7.37. The van der Waals surface area contributed by atoms with Crippen LogP contribution in [0.2, 0.25) is 0 Å². The number of aryl methyl sites for hydroxylation is 1. The Labute approximate surface area is 146 Å². The van der Waals surface area contributed by atoms with Crippen molar-refractivity contribution in [2.75, 3.05) is 26.7 Å². The maximum atomic E-state index is 12.8. The number of hydrogen-bond acceptors (Lipinski definition) is 2. The van der Waals surface area contributed by atoms with Crippen molar-refractivity contribution in [3.63, 3.8) is 0 Å². The maximum Gasteiger partial charge on any atom is 0.239 e. The van der Waals surface area contributed by atoms with Crippen molar-refractivity contribution in [1.29, 1.82) is 0 Å². The molecule has 0 radical (unpaired) electrons. The van der Waals surface area contributed by atoms with Crippen molar-refractivity contribution in [3.8, 4) is 0 Å². The molecule has 2 aliphatic heterocycles. The fourth-order valence-corrected chi connectivity index (χ4v) is 3.92. The van der Waals surface area contributed by atoms with E-state index in [4.69, 9.17) is 0 Å². The van der Waals surface area contributed by atoms with Gasteiger partial charge < -0.3 is 4.90 Å². The molecule has 1 amide bonds. The number of rotatable bonds is 3. The van der Waals surface area contributed by atoms with E-state index in [0.717, 1.165) is 38.9 Å². The van der Waals surface area contributed by atoms with Gasteiger partial charge in [-0.3, -0.25) is 9.69 Å². The number of allylic oxidation sites excluding steroid dienone is 1. The average Bonchev–Trinajstić information content (AvgIpc) is 2.61. The van der Waals surface area contributed by atoms with Crippen LogP contribution in [0.25, 0.3) is 6.08 Å². The van der Waals surface area contributed by atoms with Gasteiger partial charge in [-0.05, 0) is 63.2 Å². The summed E-state index contributed by atoms with van der Waals surface area (Å²) in [5.74, 6) is 0.955. The lowest BCUT2D eigenvalue weighted by Gasteiger charge is -2.38. The van der Waals surface area contributed by atoms with Gasteiger partial charge in [-0.25, -0.2) is 0 Å². The van der Waals surface area contributed by atoms with Gasteiger partial charge in [-0.2, -0.15) is 0 Å². The Balaban J connectivity index is 1.52. The van der Waals surface area contributed by atoms with Gasteiger partial charge in [0.25, 0.3) is 0 Å². The minimum atomic E-state index is 0.123. The molecule has 2 aliphatic rings. The lowest BCUT2D eigenvalue weighted by Crippen LogP contribution is -2.51. The molecule has 3 heteroatoms. The predicted octanol–water partition coefficient (Wildman–Crippen LogP) is 3.73. The standard InChI is InChI=1S/C21H30N2O/c1-17-7-3-4-8-19(17)11-10-18-12-15-23(16-13-18)21(24)20-9-5-6-14-22(20)2/h3-4,7-8,10-11,18,20H,5-6,9,12-16H2,1-2H3/b11-10+. The molecule has 1 unspecified atom stereocenters. The molecule has 3 rings (SSSR count). The topological polar surface area (TPSA) is 23.6 Å². The number of amides is 1. The van der Waals surface area contributed by atoms with Gasteiger partial charge in [0.1, 0.15) is 0 Å². The van der Waals surface area contributed by atoms with Crippen LogP contribution < -0.4 is 0 Å². The summed E-state index contributed by atoms with van der Waals surface area (Å²) in [4.78, 5) is 17.1. The molecule has 0 bridgehead atoms. The van der Waals surface area contributed by atoms with E-state index in [1.807, 2.05) is 0 Å². The Kier molecular flexibility index (Phi) is 5.72. The second kappa shape index (κ2) is 7.98. The minimum absolute atomic E-state index is 0.123. The third kappa shape index (κ3) is 4.07. The highest BCUT2D eigenvalue weighted by Gasteiger charge is 2.31. The van der Waals surface area contributed by atoms with Crippen LogP contribution in [0.5, 0.6) is 0 Å². The first-order valence-corrected chi connectivity index (χ1v) is 9.38. The van der Waals surface area contributed by atoms with E-state index in [9.17, 15) is 4.79 Å². The maximum absolute atomic E-state index is 12.8. The zero-order valence-electron chi connectivity index (χ0n) is 15.1. The van der Waals surface area contributed by atoms with E-state index in [0.29, 0.717) is 11.8 Å². The average molecular weight is 326 g/mol. The number of likely N-dealkylation sites (tertiary alicyclic amines) is 2. The number of likely N-dealkylation sites (N-methyl/N-ethyl adjacent to an activating group) is 1. The molecule has 0 aromatic heterocycles. The van der Waals surface area contributed by atoms with E-state index in [1.54, 1.807) is 0 Å². The molecule has 0 aliphatic carbocycles. The zero-order valence-corrected chi connectivity index (χ0v) is 15.1. The summed E-state index contributed by atoms with van der Waals surface area (Å²) >= 11 is 0. The normalized spacial score (nSPS) is 23.8. The Hall–Kier alpha value is -1.61. The van der Waals surface area contributed by atoms with Crippen molar-refractivity contribution in [2.24, 2.45) is 5.92 Å². The molecule has 24 heavy (non-hydrogen) atoms. The molecule has 1 aromatic rings. The smallest absolute Gasteiger partial charge is 0.239 e. The molecule has 1 aromatic carbocycles. The number of benzene rings is 1. The first-order valence-electron chi connectivity index (χ1n) is 9.38. The van der Waals surface area contributed by atoms with Crippen molar-refractivity contribution >= 4 is 12.0 Å². The molecule has 130 valence electrons. The molecule has 2 heterocycles. The highest BCUT2D eigenvalue weighted by atomic mass is 16.2. The molecule has 0 N–H and O–H groups in total. The highest BCUT2D eigenvalue weighted by molar-refractivity contribution is 5.82. The largest absolute Gasteiger partial charge is 0.341 e. The van der Waals surface area contributed by atoms with Crippen LogP contribution in [0.15, 0.2) is 30.3 Å². The van der Waals surface area contributed by atoms with E-state index in [2.05, 4.69) is 60.2 Å². The second-order valence-corrected chi connectivity index (χ2v) is 7.37. The number of nitrogens with zero attached hydrogens (tertiary/aromatic N) is 2. The van der Waals surface area contributed by atoms with Gasteiger partial charge in [-0.15, -0.1) is 0 Å². The first kappa shape index (κ1) is 17.2. The van der Waals surface area contributed by atoms with Crippen LogP contribution in [-0.2, 0) is 4.79 Å². The van der Waals surface area contributed by atoms with Crippen molar-refractivity contribution in [1.82, 2.24) is 9.80 Å². The van der Waals surface area contributed by atoms with Gasteiger partial charge in [-0.1, -0.05) is 42.8 Å². The third-order valence-corrected chi connectivity index (χ3v) is 5.64. The summed E-state index contributed by atoms with van der Waals surface area (Å²) in [6, 6.07) is 8.62. The zero-order chi connectivity index (χ0) is 16.9. The lowest BCUT2D eigenvalue weighted by molar-refractivity contribution is -0.138. The Morgan fingerprint density at radius 1 is 1.08 bits per heavy atom. The summed E-state index contributed by atoms with van der Waals surface area (Å²) < 4.78 is 0. The van der Waals surface area contributed by atoms with Gasteiger partial charge in [0.2, 0.25) is 5.91 Å². The van der Waals surface area contributed by atoms with Gasteiger partial charge in [0.15, 0.2) is 0 Å². The highest BCUT2D eigenvalue weighted by Crippen LogP contribution is 2.23. The molecule has 2 fully saturated rings. The molecular formula is C21H30N2O. The van der Waals surface area contributed by atoms with Crippen LogP contribution in [0.1, 0.15) is 43.2 Å². The third-order valence-electron chi connectivity index (χ3n) is 5.64. The van der Waals surface area contributed by atoms with Crippen LogP contribution >= 0.6 is 0 Å². The molecule has 2 saturated heterocycles. The number of carbonyl (C=O) groups excluding carboxylic acids is 1. The van der Waals surface area contributed by atoms with E-state index in [-0.39, 0.29) is 6.04 Å². The van der Waals surface area contributed by atoms with Crippen molar-refractivity contribution in [2.45, 2.75) is 45.1 Å². The number of piperidine rings is 2. The number of carbonyl (C=O) groups is 1. The van der Waals surface area contributed by atoms with Gasteiger partial charge in [0.05, 0.1) is 6.04 Å². The molecular weight excluding hydrogens is 296 g/mol. The Morgan fingerprint density at radius 3 is 2.54 bits per heavy atom. The monoisotopic (exact) mass is 326 g/mol. The van der Waals surface area contributed by atoms with E-state index in [1.165, 1.54) is 24.0 Å². The summed E-state index contributed by atoms with van der Waals surface area (Å²) in [6.07, 6.45) is 10.2. The van der Waals surface area contributed by atoms with Crippen LogP contribution in [-0.4, -0.2) is 48.4 Å². The number of hydrogen-bond donors (Lipinski definition) is 0. The van der Waals surface area contributed by atoms with Crippen LogP contribution in [0.4, 0.5) is 0 Å². The molecule has 1 atom stereocenters. The fourth-order valence-electron chi connectivity index (χ4n) is 3.92. The molecule has 0 saturated carbocycles. The van der Waals surface area contributed by atoms with Crippen molar-refractivity contribution in [3.05, 3.63) is 41.5 Å². The molecule has 0 spiro atoms. The Morgan fingerprint density at radius 2 is 1.83 bits per heavy atom. The van der Waals surface area contributed by atoms with Crippen LogP contribution in [0.3, 0.4) is 0 Å². The fraction of sp³-hybridized carbons (Fsp3) is 0.571. The van der Waals surface area contributed by atoms with E-state index < -0.39 is 0 Å². The molecule has 3 nitrogen and oxygen atoms in total. The SMILES string of the molecule is Cc1ccccc1/C=C/C1CCN(C(=O)C2CCCCN2C)CC1. The Bertz CT molecular complexity index is 587. The lowest BCUT2D eigenvalue weighted by atomic mass is 9.93.